The number of aliphatic carboxylic acids is 2. The predicted octanol–water partition coefficient (Wildman–Crippen LogP) is 7.40. The molecule has 2 aromatic heterocycles. The molecule has 1 saturated heterocycles. The fourth-order valence-corrected chi connectivity index (χ4v) is 5.27. The molecule has 2 aliphatic rings. The molecular formula is C34H30ClF7N8O6. The Morgan fingerprint density at radius 1 is 0.857 bits per heavy atom. The zero-order valence-corrected chi connectivity index (χ0v) is 29.3. The molecule has 14 nitrogen and oxygen atoms in total. The van der Waals surface area contributed by atoms with Crippen molar-refractivity contribution < 1.29 is 60.1 Å². The van der Waals surface area contributed by atoms with Gasteiger partial charge < -0.3 is 36.4 Å². The number of rotatable bonds is 4. The zero-order valence-electron chi connectivity index (χ0n) is 28.5. The summed E-state index contributed by atoms with van der Waals surface area (Å²) in [5, 5.41) is 26.9. The molecule has 1 fully saturated rings. The summed E-state index contributed by atoms with van der Waals surface area (Å²) in [6.45, 7) is 1.01. The molecule has 3 amide bonds. The van der Waals surface area contributed by atoms with Gasteiger partial charge in [0.25, 0.3) is 0 Å². The van der Waals surface area contributed by atoms with Gasteiger partial charge in [-0.05, 0) is 84.8 Å². The van der Waals surface area contributed by atoms with E-state index in [4.69, 9.17) is 31.4 Å². The van der Waals surface area contributed by atoms with Crippen molar-refractivity contribution in [3.05, 3.63) is 89.1 Å². The van der Waals surface area contributed by atoms with Crippen LogP contribution in [-0.4, -0.2) is 79.4 Å². The predicted molar refractivity (Wildman–Crippen MR) is 187 cm³/mol. The van der Waals surface area contributed by atoms with Gasteiger partial charge in [0.2, 0.25) is 11.9 Å². The van der Waals surface area contributed by atoms with Crippen molar-refractivity contribution in [2.45, 2.75) is 38.0 Å². The minimum Gasteiger partial charge on any atom is -0.475 e. The van der Waals surface area contributed by atoms with Crippen LogP contribution < -0.4 is 21.3 Å². The monoisotopic (exact) mass is 814 g/mol. The Balaban J connectivity index is 0.000000425. The van der Waals surface area contributed by atoms with Gasteiger partial charge in [-0.15, -0.1) is 0 Å². The van der Waals surface area contributed by atoms with E-state index in [1.807, 2.05) is 30.5 Å². The smallest absolute Gasteiger partial charge is 0.475 e. The molecule has 6 bridgehead atoms. The molecule has 56 heavy (non-hydrogen) atoms. The van der Waals surface area contributed by atoms with Crippen molar-refractivity contribution in [3.63, 3.8) is 0 Å². The van der Waals surface area contributed by atoms with E-state index in [1.165, 1.54) is 30.5 Å². The molecule has 2 aliphatic heterocycles. The number of likely N-dealkylation sites (tertiary alicyclic amines) is 1. The van der Waals surface area contributed by atoms with E-state index in [2.05, 4.69) is 36.2 Å². The fourth-order valence-electron chi connectivity index (χ4n) is 5.14. The van der Waals surface area contributed by atoms with E-state index >= 15 is 0 Å². The third-order valence-corrected chi connectivity index (χ3v) is 8.02. The Bertz CT molecular complexity index is 2030. The van der Waals surface area contributed by atoms with Gasteiger partial charge in [0.15, 0.2) is 5.82 Å². The Morgan fingerprint density at radius 3 is 2.16 bits per heavy atom. The number of fused-ring (bicyclic) bond motifs is 6. The average molecular weight is 815 g/mol. The summed E-state index contributed by atoms with van der Waals surface area (Å²) in [5.41, 5.74) is 4.75. The topological polar surface area (TPSA) is 199 Å². The van der Waals surface area contributed by atoms with Crippen LogP contribution in [0.1, 0.15) is 24.0 Å². The number of alkyl halides is 6. The summed E-state index contributed by atoms with van der Waals surface area (Å²) >= 11 is 6.36. The van der Waals surface area contributed by atoms with Crippen molar-refractivity contribution in [1.82, 2.24) is 19.9 Å². The maximum absolute atomic E-state index is 13.2. The van der Waals surface area contributed by atoms with E-state index in [0.29, 0.717) is 48.4 Å². The van der Waals surface area contributed by atoms with Gasteiger partial charge in [0.05, 0.1) is 18.1 Å². The molecule has 1 atom stereocenters. The Kier molecular flexibility index (Phi) is 14.0. The molecule has 4 aromatic rings. The zero-order chi connectivity index (χ0) is 41.2. The molecular weight excluding hydrogens is 785 g/mol. The maximum atomic E-state index is 13.2. The minimum atomic E-state index is -5.08. The number of carbonyl (C=O) groups excluding carboxylic acids is 2. The Morgan fingerprint density at radius 2 is 1.52 bits per heavy atom. The number of amides is 3. The number of halogens is 8. The highest BCUT2D eigenvalue weighted by Gasteiger charge is 2.39. The largest absolute Gasteiger partial charge is 0.490 e. The standard InChI is InChI=1S/C30H28ClFN8O2.2C2HF3O2/c31-25-16-34-29-36-24-11-18(14-33-15-24)1-2-20-13-23(35-28(25)39-29)7-8-26(20)38-27(41)12-19-9-10-40(17-19)30(42)37-22-5-3-21(32)4-6-22;2*3-2(4,5)1(6)7/h3-8,11,13-16,19H,1-2,9-10,12,17H2,(H,37,42)(H,38,41)(H2,34,35,36,39);2*(H,6,7)/t19-;;/m0../s1. The Hall–Kier alpha value is -6.25. The highest BCUT2D eigenvalue weighted by atomic mass is 35.5. The summed E-state index contributed by atoms with van der Waals surface area (Å²) in [5.74, 6) is -5.12. The number of carboxylic acid groups (broad SMARTS) is 2. The van der Waals surface area contributed by atoms with Crippen molar-refractivity contribution in [2.24, 2.45) is 5.92 Å². The molecule has 4 heterocycles. The first-order valence-corrected chi connectivity index (χ1v) is 16.5. The van der Waals surface area contributed by atoms with Gasteiger partial charge in [-0.25, -0.2) is 23.8 Å². The van der Waals surface area contributed by atoms with Crippen LogP contribution in [0.15, 0.2) is 67.1 Å². The van der Waals surface area contributed by atoms with Crippen molar-refractivity contribution in [3.8, 4) is 0 Å². The number of aryl methyl sites for hydroxylation is 2. The number of carbonyl (C=O) groups is 4. The van der Waals surface area contributed by atoms with Crippen LogP contribution >= 0.6 is 11.6 Å². The fraction of sp³-hybridized carbons (Fsp3) is 0.265. The number of aromatic nitrogens is 3. The molecule has 0 aliphatic carbocycles. The van der Waals surface area contributed by atoms with Gasteiger partial charge in [0, 0.05) is 42.8 Å². The second kappa shape index (κ2) is 18.4. The van der Waals surface area contributed by atoms with Crippen molar-refractivity contribution in [1.29, 1.82) is 0 Å². The van der Waals surface area contributed by atoms with Crippen molar-refractivity contribution >= 4 is 70.0 Å². The number of hydrogen-bond acceptors (Lipinski definition) is 9. The van der Waals surface area contributed by atoms with Crippen molar-refractivity contribution in [2.75, 3.05) is 34.4 Å². The number of anilines is 6. The molecule has 0 unspecified atom stereocenters. The molecule has 6 rings (SSSR count). The maximum Gasteiger partial charge on any atom is 0.490 e. The van der Waals surface area contributed by atoms with E-state index in [0.717, 1.165) is 34.6 Å². The van der Waals surface area contributed by atoms with Crippen LogP contribution in [0.25, 0.3) is 0 Å². The van der Waals surface area contributed by atoms with Gasteiger partial charge in [-0.3, -0.25) is 9.78 Å². The first-order valence-electron chi connectivity index (χ1n) is 16.1. The molecule has 0 radical (unpaired) electrons. The number of nitrogens with one attached hydrogen (secondary N) is 4. The Labute approximate surface area is 317 Å². The number of carboxylic acids is 2. The number of benzene rings is 2. The quantitative estimate of drug-likeness (QED) is 0.112. The van der Waals surface area contributed by atoms with Crippen LogP contribution in [0.4, 0.5) is 70.0 Å². The number of hydrogen-bond donors (Lipinski definition) is 6. The molecule has 22 heteroatoms. The molecule has 298 valence electrons. The number of nitrogens with zero attached hydrogens (tertiary/aromatic N) is 4. The summed E-state index contributed by atoms with van der Waals surface area (Å²) in [4.78, 5) is 58.4. The SMILES string of the molecule is O=C(C[C@@H]1CCN(C(=O)Nc2ccc(F)cc2)C1)Nc1ccc2cc1CCc1cncc(c1)Nc1ncc(Cl)c(n1)N2.O=C(O)C(F)(F)F.O=C(O)C(F)(F)F. The van der Waals surface area contributed by atoms with Crippen LogP contribution in [0, 0.1) is 11.7 Å². The summed E-state index contributed by atoms with van der Waals surface area (Å²) in [6.07, 6.45) is -2.74. The average Bonchev–Trinajstić information content (AvgIpc) is 3.59. The van der Waals surface area contributed by atoms with Crippen LogP contribution in [0.2, 0.25) is 5.02 Å². The van der Waals surface area contributed by atoms with E-state index < -0.39 is 24.3 Å². The normalized spacial score (nSPS) is 14.6. The van der Waals surface area contributed by atoms with Gasteiger partial charge in [-0.2, -0.15) is 31.3 Å². The first-order chi connectivity index (χ1) is 26.3. The van der Waals surface area contributed by atoms with Crippen LogP contribution in [0.3, 0.4) is 0 Å². The second-order valence-electron chi connectivity index (χ2n) is 12.0. The summed E-state index contributed by atoms with van der Waals surface area (Å²) in [7, 11) is 0. The molecule has 0 saturated carbocycles. The van der Waals surface area contributed by atoms with Gasteiger partial charge in [0.1, 0.15) is 10.8 Å². The lowest BCUT2D eigenvalue weighted by Gasteiger charge is -2.18. The molecule has 0 spiro atoms. The first kappa shape index (κ1) is 42.5. The third-order valence-electron chi connectivity index (χ3n) is 7.75. The van der Waals surface area contributed by atoms with Gasteiger partial charge >= 0.3 is 30.3 Å². The highest BCUT2D eigenvalue weighted by Crippen LogP contribution is 2.30. The van der Waals surface area contributed by atoms with Crippen LogP contribution in [0.5, 0.6) is 0 Å². The van der Waals surface area contributed by atoms with E-state index in [1.54, 1.807) is 11.1 Å². The summed E-state index contributed by atoms with van der Waals surface area (Å²) in [6, 6.07) is 13.1. The number of pyridine rings is 1. The summed E-state index contributed by atoms with van der Waals surface area (Å²) < 4.78 is 76.6. The minimum absolute atomic E-state index is 0.0328. The van der Waals surface area contributed by atoms with E-state index in [-0.39, 0.29) is 30.1 Å². The van der Waals surface area contributed by atoms with E-state index in [9.17, 15) is 40.3 Å². The third kappa shape index (κ3) is 13.0. The lowest BCUT2D eigenvalue weighted by Crippen LogP contribution is -2.33. The molecule has 2 aromatic carbocycles. The van der Waals surface area contributed by atoms with Crippen LogP contribution in [-0.2, 0) is 27.2 Å². The second-order valence-corrected chi connectivity index (χ2v) is 12.4. The highest BCUT2D eigenvalue weighted by molar-refractivity contribution is 6.32. The lowest BCUT2D eigenvalue weighted by molar-refractivity contribution is -0.193. The van der Waals surface area contributed by atoms with Gasteiger partial charge in [-0.1, -0.05) is 11.6 Å². The number of urea groups is 1. The lowest BCUT2D eigenvalue weighted by atomic mass is 10.0. The molecule has 6 N–H and O–H groups in total.